The van der Waals surface area contributed by atoms with E-state index < -0.39 is 0 Å². The topological polar surface area (TPSA) is 76.9 Å². The number of nitrogens with zero attached hydrogens (tertiary/aromatic N) is 3. The number of anilines is 1. The molecule has 0 saturated heterocycles. The van der Waals surface area contributed by atoms with Crippen LogP contribution in [0.2, 0.25) is 0 Å². The van der Waals surface area contributed by atoms with Crippen LogP contribution >= 0.6 is 11.3 Å². The number of carbonyl (C=O) groups is 2. The van der Waals surface area contributed by atoms with Crippen molar-refractivity contribution in [3.8, 4) is 0 Å². The third-order valence-corrected chi connectivity index (χ3v) is 3.86. The number of hydrogen-bond donors (Lipinski definition) is 1. The summed E-state index contributed by atoms with van der Waals surface area (Å²) in [5.74, 6) is -0.378. The van der Waals surface area contributed by atoms with Crippen molar-refractivity contribution in [1.82, 2.24) is 14.8 Å². The molecule has 0 radical (unpaired) electrons. The number of carbonyl (C=O) groups excluding carboxylic acids is 2. The standard InChI is InChI=1S/C12H14N4O2S/c1-6-5-9(15-16(6)4)11(18)14-12-13-7(2)10(19-12)8(3)17/h5H,1-4H3,(H,13,14,18). The zero-order valence-corrected chi connectivity index (χ0v) is 12.0. The third kappa shape index (κ3) is 2.70. The van der Waals surface area contributed by atoms with Gasteiger partial charge in [0, 0.05) is 19.7 Å². The molecule has 0 fully saturated rings. The molecule has 0 spiro atoms. The second-order valence-corrected chi connectivity index (χ2v) is 5.24. The monoisotopic (exact) mass is 278 g/mol. The number of amides is 1. The van der Waals surface area contributed by atoms with Crippen LogP contribution in [0.15, 0.2) is 6.07 Å². The van der Waals surface area contributed by atoms with Gasteiger partial charge < -0.3 is 0 Å². The first-order valence-corrected chi connectivity index (χ1v) is 6.50. The van der Waals surface area contributed by atoms with E-state index in [2.05, 4.69) is 15.4 Å². The Balaban J connectivity index is 2.19. The highest BCUT2D eigenvalue weighted by Gasteiger charge is 2.16. The molecule has 6 nitrogen and oxygen atoms in total. The zero-order chi connectivity index (χ0) is 14.2. The van der Waals surface area contributed by atoms with Crippen molar-refractivity contribution in [3.05, 3.63) is 28.0 Å². The van der Waals surface area contributed by atoms with Gasteiger partial charge in [-0.15, -0.1) is 0 Å². The van der Waals surface area contributed by atoms with Gasteiger partial charge in [-0.2, -0.15) is 5.10 Å². The fraction of sp³-hybridized carbons (Fsp3) is 0.333. The fourth-order valence-corrected chi connectivity index (χ4v) is 2.47. The number of thiazole rings is 1. The van der Waals surface area contributed by atoms with E-state index >= 15 is 0 Å². The van der Waals surface area contributed by atoms with Gasteiger partial charge in [-0.1, -0.05) is 11.3 Å². The Morgan fingerprint density at radius 3 is 2.53 bits per heavy atom. The first-order chi connectivity index (χ1) is 8.88. The van der Waals surface area contributed by atoms with E-state index in [0.29, 0.717) is 21.4 Å². The average molecular weight is 278 g/mol. The predicted octanol–water partition coefficient (Wildman–Crippen LogP) is 1.95. The smallest absolute Gasteiger partial charge is 0.277 e. The molecule has 2 rings (SSSR count). The molecule has 19 heavy (non-hydrogen) atoms. The fourth-order valence-electron chi connectivity index (χ4n) is 1.61. The van der Waals surface area contributed by atoms with Crippen molar-refractivity contribution in [2.45, 2.75) is 20.8 Å². The number of hydrogen-bond acceptors (Lipinski definition) is 5. The zero-order valence-electron chi connectivity index (χ0n) is 11.1. The normalized spacial score (nSPS) is 10.5. The Bertz CT molecular complexity index is 637. The van der Waals surface area contributed by atoms with Gasteiger partial charge in [0.25, 0.3) is 5.91 Å². The molecule has 0 bridgehead atoms. The molecule has 2 heterocycles. The second kappa shape index (κ2) is 4.93. The first kappa shape index (κ1) is 13.4. The van der Waals surface area contributed by atoms with Gasteiger partial charge in [0.15, 0.2) is 16.6 Å². The van der Waals surface area contributed by atoms with Crippen LogP contribution in [-0.4, -0.2) is 26.5 Å². The van der Waals surface area contributed by atoms with E-state index in [1.807, 2.05) is 6.92 Å². The van der Waals surface area contributed by atoms with Crippen LogP contribution in [0, 0.1) is 13.8 Å². The van der Waals surface area contributed by atoms with Crippen LogP contribution in [0.25, 0.3) is 0 Å². The lowest BCUT2D eigenvalue weighted by atomic mass is 10.3. The van der Waals surface area contributed by atoms with Crippen molar-refractivity contribution in [2.75, 3.05) is 5.32 Å². The summed E-state index contributed by atoms with van der Waals surface area (Å²) in [6.45, 7) is 5.09. The van der Waals surface area contributed by atoms with Gasteiger partial charge in [0.05, 0.1) is 10.6 Å². The van der Waals surface area contributed by atoms with Crippen molar-refractivity contribution in [2.24, 2.45) is 7.05 Å². The van der Waals surface area contributed by atoms with E-state index in [1.54, 1.807) is 24.7 Å². The van der Waals surface area contributed by atoms with E-state index in [-0.39, 0.29) is 11.7 Å². The Morgan fingerprint density at radius 2 is 2.05 bits per heavy atom. The van der Waals surface area contributed by atoms with Gasteiger partial charge in [-0.25, -0.2) is 4.98 Å². The molecule has 0 aliphatic heterocycles. The minimum Gasteiger partial charge on any atom is -0.296 e. The summed E-state index contributed by atoms with van der Waals surface area (Å²) in [6, 6.07) is 1.70. The SMILES string of the molecule is CC(=O)c1sc(NC(=O)c2cc(C)n(C)n2)nc1C. The van der Waals surface area contributed by atoms with Crippen molar-refractivity contribution < 1.29 is 9.59 Å². The molecule has 0 unspecified atom stereocenters. The van der Waals surface area contributed by atoms with Gasteiger partial charge >= 0.3 is 0 Å². The molecule has 2 aromatic heterocycles. The highest BCUT2D eigenvalue weighted by atomic mass is 32.1. The largest absolute Gasteiger partial charge is 0.296 e. The van der Waals surface area contributed by atoms with Crippen molar-refractivity contribution in [3.63, 3.8) is 0 Å². The average Bonchev–Trinajstić information content (AvgIpc) is 2.83. The summed E-state index contributed by atoms with van der Waals surface area (Å²) in [4.78, 5) is 28.0. The Kier molecular flexibility index (Phi) is 3.48. The summed E-state index contributed by atoms with van der Waals surface area (Å²) >= 11 is 1.17. The molecule has 0 atom stereocenters. The summed E-state index contributed by atoms with van der Waals surface area (Å²) in [6.07, 6.45) is 0. The van der Waals surface area contributed by atoms with Crippen LogP contribution in [0.3, 0.4) is 0 Å². The van der Waals surface area contributed by atoms with Gasteiger partial charge in [0.1, 0.15) is 0 Å². The molecule has 0 aromatic carbocycles. The van der Waals surface area contributed by atoms with Gasteiger partial charge in [0.2, 0.25) is 0 Å². The molecule has 7 heteroatoms. The van der Waals surface area contributed by atoms with E-state index in [0.717, 1.165) is 5.69 Å². The molecule has 1 N–H and O–H groups in total. The highest BCUT2D eigenvalue weighted by Crippen LogP contribution is 2.23. The first-order valence-electron chi connectivity index (χ1n) is 5.69. The van der Waals surface area contributed by atoms with Crippen LogP contribution in [-0.2, 0) is 7.05 Å². The Hall–Kier alpha value is -2.02. The van der Waals surface area contributed by atoms with Crippen molar-refractivity contribution >= 4 is 28.2 Å². The lowest BCUT2D eigenvalue weighted by molar-refractivity contribution is 0.101. The maximum absolute atomic E-state index is 12.0. The predicted molar refractivity (Wildman–Crippen MR) is 72.8 cm³/mol. The van der Waals surface area contributed by atoms with E-state index in [4.69, 9.17) is 0 Å². The molecule has 0 aliphatic rings. The molecule has 1 amide bonds. The number of Topliss-reactive ketones (excluding diaryl/α,β-unsaturated/α-hetero) is 1. The summed E-state index contributed by atoms with van der Waals surface area (Å²) in [5.41, 5.74) is 1.85. The number of ketones is 1. The summed E-state index contributed by atoms with van der Waals surface area (Å²) in [7, 11) is 1.77. The molecule has 100 valence electrons. The number of aromatic nitrogens is 3. The summed E-state index contributed by atoms with van der Waals surface area (Å²) in [5, 5.41) is 7.15. The van der Waals surface area contributed by atoms with Gasteiger partial charge in [-0.3, -0.25) is 19.6 Å². The van der Waals surface area contributed by atoms with Crippen LogP contribution in [0.5, 0.6) is 0 Å². The third-order valence-electron chi connectivity index (χ3n) is 2.68. The van der Waals surface area contributed by atoms with E-state index in [9.17, 15) is 9.59 Å². The lowest BCUT2D eigenvalue weighted by Gasteiger charge is -1.96. The quantitative estimate of drug-likeness (QED) is 0.870. The van der Waals surface area contributed by atoms with Crippen LogP contribution in [0.1, 0.15) is 38.5 Å². The number of rotatable bonds is 3. The molecular weight excluding hydrogens is 264 g/mol. The minimum atomic E-state index is -0.326. The Morgan fingerprint density at radius 1 is 1.37 bits per heavy atom. The van der Waals surface area contributed by atoms with Crippen molar-refractivity contribution in [1.29, 1.82) is 0 Å². The molecule has 0 aliphatic carbocycles. The molecule has 0 saturated carbocycles. The summed E-state index contributed by atoms with van der Waals surface area (Å²) < 4.78 is 1.63. The highest BCUT2D eigenvalue weighted by molar-refractivity contribution is 7.17. The maximum Gasteiger partial charge on any atom is 0.277 e. The van der Waals surface area contributed by atoms with Crippen LogP contribution < -0.4 is 5.32 Å². The number of aryl methyl sites for hydroxylation is 3. The molecule has 2 aromatic rings. The van der Waals surface area contributed by atoms with E-state index in [1.165, 1.54) is 18.3 Å². The van der Waals surface area contributed by atoms with Crippen LogP contribution in [0.4, 0.5) is 5.13 Å². The lowest BCUT2D eigenvalue weighted by Crippen LogP contribution is -2.12. The maximum atomic E-state index is 12.0. The molecular formula is C12H14N4O2S. The second-order valence-electron chi connectivity index (χ2n) is 4.24. The van der Waals surface area contributed by atoms with Gasteiger partial charge in [-0.05, 0) is 19.9 Å². The minimum absolute atomic E-state index is 0.0517. The Labute approximate surface area is 114 Å². The number of nitrogens with one attached hydrogen (secondary N) is 1.